The number of carbonyl (C=O) groups is 1. The van der Waals surface area contributed by atoms with Gasteiger partial charge in [0.2, 0.25) is 5.88 Å². The van der Waals surface area contributed by atoms with Gasteiger partial charge >= 0.3 is 0 Å². The van der Waals surface area contributed by atoms with Crippen molar-refractivity contribution >= 4 is 44.8 Å². The van der Waals surface area contributed by atoms with Crippen LogP contribution in [0.2, 0.25) is 5.02 Å². The molecule has 7 nitrogen and oxygen atoms in total. The average molecular weight is 461 g/mol. The number of anilines is 1. The number of ether oxygens (including phenoxy) is 2. The summed E-state index contributed by atoms with van der Waals surface area (Å²) in [6.07, 6.45) is 4.14. The molecular formula is C22H25ClN4O3S. The minimum atomic E-state index is 0.0618. The van der Waals surface area contributed by atoms with Crippen molar-refractivity contribution in [2.75, 3.05) is 25.1 Å². The molecule has 164 valence electrons. The van der Waals surface area contributed by atoms with Gasteiger partial charge in [0.05, 0.1) is 30.0 Å². The fraction of sp³-hybridized carbons (Fsp3) is 0.455. The van der Waals surface area contributed by atoms with Gasteiger partial charge in [-0.25, -0.2) is 15.0 Å². The highest BCUT2D eigenvalue weighted by atomic mass is 35.5. The van der Waals surface area contributed by atoms with Gasteiger partial charge in [-0.05, 0) is 32.4 Å². The number of Topliss-reactive ketones (excluding diaryl/α,β-unsaturated/α-hetero) is 1. The van der Waals surface area contributed by atoms with Crippen LogP contribution in [0, 0.1) is 6.92 Å². The number of nitrogens with zero attached hydrogens (tertiary/aromatic N) is 4. The Labute approximate surface area is 190 Å². The average Bonchev–Trinajstić information content (AvgIpc) is 3.07. The molecule has 0 radical (unpaired) electrons. The van der Waals surface area contributed by atoms with Crippen LogP contribution < -0.4 is 9.64 Å². The van der Waals surface area contributed by atoms with Crippen LogP contribution in [0.3, 0.4) is 0 Å². The standard InChI is InChI=1S/C22H25ClN4O3S/c1-12-10-27(11-13(2)30-12)20-16(9-25-22-19(20)26-14(3)31-22)7-17(28)5-15-6-18(23)21(29-4)24-8-15/h6,8-9,12-13H,5,7,10-11H2,1-4H3. The molecule has 1 aliphatic rings. The lowest BCUT2D eigenvalue weighted by atomic mass is 10.0. The smallest absolute Gasteiger partial charge is 0.232 e. The second-order valence-corrected chi connectivity index (χ2v) is 9.50. The van der Waals surface area contributed by atoms with Gasteiger partial charge < -0.3 is 14.4 Å². The van der Waals surface area contributed by atoms with Crippen molar-refractivity contribution in [2.24, 2.45) is 0 Å². The van der Waals surface area contributed by atoms with Crippen LogP contribution in [0.15, 0.2) is 18.5 Å². The van der Waals surface area contributed by atoms with Gasteiger partial charge in [-0.15, -0.1) is 0 Å². The number of morpholine rings is 1. The number of ketones is 1. The molecule has 3 aromatic rings. The summed E-state index contributed by atoms with van der Waals surface area (Å²) < 4.78 is 11.0. The minimum Gasteiger partial charge on any atom is -0.480 e. The van der Waals surface area contributed by atoms with Crippen molar-refractivity contribution in [2.45, 2.75) is 45.8 Å². The van der Waals surface area contributed by atoms with E-state index in [1.165, 1.54) is 7.11 Å². The molecule has 4 rings (SSSR count). The molecule has 4 heterocycles. The lowest BCUT2D eigenvalue weighted by Gasteiger charge is -2.37. The van der Waals surface area contributed by atoms with E-state index in [9.17, 15) is 4.79 Å². The van der Waals surface area contributed by atoms with E-state index in [4.69, 9.17) is 26.1 Å². The zero-order chi connectivity index (χ0) is 22.1. The molecule has 3 aromatic heterocycles. The van der Waals surface area contributed by atoms with E-state index in [1.54, 1.807) is 23.6 Å². The quantitative estimate of drug-likeness (QED) is 0.549. The molecule has 0 N–H and O–H groups in total. The number of thiazole rings is 1. The van der Waals surface area contributed by atoms with E-state index in [0.717, 1.165) is 45.3 Å². The second kappa shape index (κ2) is 9.06. The van der Waals surface area contributed by atoms with Crippen molar-refractivity contribution < 1.29 is 14.3 Å². The monoisotopic (exact) mass is 460 g/mol. The molecular weight excluding hydrogens is 436 g/mol. The number of aromatic nitrogens is 3. The second-order valence-electron chi connectivity index (χ2n) is 7.91. The first-order valence-corrected chi connectivity index (χ1v) is 11.4. The zero-order valence-electron chi connectivity index (χ0n) is 18.0. The number of hydrogen-bond donors (Lipinski definition) is 0. The van der Waals surface area contributed by atoms with E-state index in [2.05, 4.69) is 28.7 Å². The molecule has 0 bridgehead atoms. The van der Waals surface area contributed by atoms with Gasteiger partial charge in [-0.2, -0.15) is 0 Å². The molecule has 2 atom stereocenters. The summed E-state index contributed by atoms with van der Waals surface area (Å²) in [6.45, 7) is 7.61. The Morgan fingerprint density at radius 2 is 2.00 bits per heavy atom. The zero-order valence-corrected chi connectivity index (χ0v) is 19.6. The van der Waals surface area contributed by atoms with Gasteiger partial charge in [0, 0.05) is 43.9 Å². The number of pyridine rings is 2. The highest BCUT2D eigenvalue weighted by Crippen LogP contribution is 2.34. The molecule has 0 spiro atoms. The maximum atomic E-state index is 13.0. The highest BCUT2D eigenvalue weighted by molar-refractivity contribution is 7.18. The Morgan fingerprint density at radius 1 is 1.26 bits per heavy atom. The summed E-state index contributed by atoms with van der Waals surface area (Å²) in [5.41, 5.74) is 3.50. The molecule has 0 amide bonds. The maximum Gasteiger partial charge on any atom is 0.232 e. The lowest BCUT2D eigenvalue weighted by Crippen LogP contribution is -2.46. The van der Waals surface area contributed by atoms with Gasteiger partial charge in [0.15, 0.2) is 0 Å². The topological polar surface area (TPSA) is 77.4 Å². The van der Waals surface area contributed by atoms with Crippen LogP contribution in [0.25, 0.3) is 10.3 Å². The first-order chi connectivity index (χ1) is 14.8. The summed E-state index contributed by atoms with van der Waals surface area (Å²) in [4.78, 5) is 29.6. The Bertz CT molecular complexity index is 1110. The maximum absolute atomic E-state index is 13.0. The first kappa shape index (κ1) is 21.9. The molecule has 0 aromatic carbocycles. The number of aryl methyl sites for hydroxylation is 1. The van der Waals surface area contributed by atoms with Crippen molar-refractivity contribution in [1.82, 2.24) is 15.0 Å². The van der Waals surface area contributed by atoms with Crippen molar-refractivity contribution in [1.29, 1.82) is 0 Å². The van der Waals surface area contributed by atoms with Crippen LogP contribution in [0.1, 0.15) is 30.0 Å². The number of rotatable bonds is 6. The molecule has 31 heavy (non-hydrogen) atoms. The highest BCUT2D eigenvalue weighted by Gasteiger charge is 2.27. The van der Waals surface area contributed by atoms with E-state index in [0.29, 0.717) is 10.9 Å². The van der Waals surface area contributed by atoms with Gasteiger partial charge in [-0.3, -0.25) is 4.79 Å². The SMILES string of the molecule is COc1ncc(CC(=O)Cc2cnc3sc(C)nc3c2N2CC(C)OC(C)C2)cc1Cl. The summed E-state index contributed by atoms with van der Waals surface area (Å²) in [5, 5.41) is 1.35. The number of hydrogen-bond acceptors (Lipinski definition) is 8. The predicted octanol–water partition coefficient (Wildman–Crippen LogP) is 4.02. The van der Waals surface area contributed by atoms with Crippen LogP contribution in [0.5, 0.6) is 5.88 Å². The van der Waals surface area contributed by atoms with Gasteiger partial charge in [-0.1, -0.05) is 22.9 Å². The van der Waals surface area contributed by atoms with Gasteiger partial charge in [0.25, 0.3) is 0 Å². The van der Waals surface area contributed by atoms with Crippen LogP contribution in [-0.2, 0) is 22.4 Å². The van der Waals surface area contributed by atoms with Crippen molar-refractivity contribution in [3.05, 3.63) is 39.6 Å². The lowest BCUT2D eigenvalue weighted by molar-refractivity contribution is -0.117. The van der Waals surface area contributed by atoms with E-state index >= 15 is 0 Å². The van der Waals surface area contributed by atoms with Crippen LogP contribution >= 0.6 is 22.9 Å². The first-order valence-electron chi connectivity index (χ1n) is 10.2. The third-order valence-corrected chi connectivity index (χ3v) is 6.31. The van der Waals surface area contributed by atoms with Crippen molar-refractivity contribution in [3.63, 3.8) is 0 Å². The molecule has 1 aliphatic heterocycles. The molecule has 9 heteroatoms. The Balaban J connectivity index is 1.63. The van der Waals surface area contributed by atoms with E-state index in [-0.39, 0.29) is 30.8 Å². The number of methoxy groups -OCH3 is 1. The largest absolute Gasteiger partial charge is 0.480 e. The third-order valence-electron chi connectivity index (χ3n) is 5.16. The Morgan fingerprint density at radius 3 is 2.68 bits per heavy atom. The molecule has 1 fully saturated rings. The summed E-state index contributed by atoms with van der Waals surface area (Å²) in [6, 6.07) is 1.72. The fourth-order valence-electron chi connectivity index (χ4n) is 4.06. The molecule has 1 saturated heterocycles. The van der Waals surface area contributed by atoms with Crippen molar-refractivity contribution in [3.8, 4) is 5.88 Å². The normalized spacial score (nSPS) is 19.1. The fourth-order valence-corrected chi connectivity index (χ4v) is 5.09. The van der Waals surface area contributed by atoms with E-state index < -0.39 is 0 Å². The molecule has 2 unspecified atom stereocenters. The predicted molar refractivity (Wildman–Crippen MR) is 123 cm³/mol. The van der Waals surface area contributed by atoms with Crippen LogP contribution in [0.4, 0.5) is 5.69 Å². The summed E-state index contributed by atoms with van der Waals surface area (Å²) >= 11 is 7.73. The molecule has 0 saturated carbocycles. The number of fused-ring (bicyclic) bond motifs is 1. The van der Waals surface area contributed by atoms with E-state index in [1.807, 2.05) is 13.1 Å². The molecule has 0 aliphatic carbocycles. The number of carbonyl (C=O) groups excluding carboxylic acids is 1. The minimum absolute atomic E-state index is 0.0618. The summed E-state index contributed by atoms with van der Waals surface area (Å²) in [7, 11) is 1.51. The van der Waals surface area contributed by atoms with Gasteiger partial charge in [0.1, 0.15) is 21.2 Å². The van der Waals surface area contributed by atoms with Crippen LogP contribution in [-0.4, -0.2) is 53.1 Å². The Kier molecular flexibility index (Phi) is 6.41. The third kappa shape index (κ3) is 4.81. The number of halogens is 1. The summed E-state index contributed by atoms with van der Waals surface area (Å²) in [5.74, 6) is 0.413. The Hall–Kier alpha value is -2.29.